The van der Waals surface area contributed by atoms with Gasteiger partial charge in [0.05, 0.1) is 11.4 Å². The minimum atomic E-state index is -0.434. The number of rotatable bonds is 5. The molecule has 0 saturated heterocycles. The molecule has 35 heavy (non-hydrogen) atoms. The molecule has 0 N–H and O–H groups in total. The highest BCUT2D eigenvalue weighted by atomic mass is 35.5. The Balaban J connectivity index is 1.72. The molecule has 0 radical (unpaired) electrons. The molecule has 1 aliphatic carbocycles. The lowest BCUT2D eigenvalue weighted by Gasteiger charge is -2.29. The maximum absolute atomic E-state index is 13.9. The fourth-order valence-electron chi connectivity index (χ4n) is 5.05. The van der Waals surface area contributed by atoms with Gasteiger partial charge in [0.1, 0.15) is 5.57 Å². The summed E-state index contributed by atoms with van der Waals surface area (Å²) in [5.74, 6) is -1.21. The molecule has 1 aromatic carbocycles. The Morgan fingerprint density at radius 2 is 1.80 bits per heavy atom. The van der Waals surface area contributed by atoms with E-state index in [0.29, 0.717) is 22.8 Å². The number of aromatic nitrogens is 3. The van der Waals surface area contributed by atoms with E-state index in [-0.39, 0.29) is 28.8 Å². The Bertz CT molecular complexity index is 1340. The molecule has 0 atom stereocenters. The van der Waals surface area contributed by atoms with Crippen LogP contribution in [0.25, 0.3) is 17.0 Å². The van der Waals surface area contributed by atoms with E-state index in [0.717, 1.165) is 37.7 Å². The number of halogens is 1. The number of imide groups is 1. The summed E-state index contributed by atoms with van der Waals surface area (Å²) in [6.07, 6.45) is 8.57. The largest absolute Gasteiger partial charge is 0.858 e. The standard InChI is InChI=1S/C27H27ClN4O3/c1-3-21-22(26(34)32(29-21)20-11-7-8-18(28)16-20)23-24(30-14-12-17(2)13-15-30)27(35)31(25(23)33)19-9-5-4-6-10-19/h7-8,11-16,19H,3-6,9-10H2,1-2H3. The van der Waals surface area contributed by atoms with E-state index in [1.165, 1.54) is 9.58 Å². The molecule has 1 fully saturated rings. The molecule has 0 spiro atoms. The molecule has 7 nitrogen and oxygen atoms in total. The number of nitrogens with zero attached hydrogens (tertiary/aromatic N) is 4. The molecule has 2 amide bonds. The average Bonchev–Trinajstić information content (AvgIpc) is 3.32. The van der Waals surface area contributed by atoms with Gasteiger partial charge >= 0.3 is 5.91 Å². The van der Waals surface area contributed by atoms with Gasteiger partial charge in [0.25, 0.3) is 11.6 Å². The topological polar surface area (TPSA) is 82.1 Å². The van der Waals surface area contributed by atoms with Gasteiger partial charge in [-0.2, -0.15) is 9.67 Å². The summed E-state index contributed by atoms with van der Waals surface area (Å²) in [7, 11) is 0. The lowest BCUT2D eigenvalue weighted by Crippen LogP contribution is -2.45. The van der Waals surface area contributed by atoms with Crippen molar-refractivity contribution in [1.82, 2.24) is 14.7 Å². The summed E-state index contributed by atoms with van der Waals surface area (Å²) < 4.78 is 2.92. The Hall–Kier alpha value is -3.45. The third kappa shape index (κ3) is 4.04. The molecule has 1 aliphatic heterocycles. The fraction of sp³-hybridized carbons (Fsp3) is 0.333. The van der Waals surface area contributed by atoms with Gasteiger partial charge in [0, 0.05) is 28.8 Å². The van der Waals surface area contributed by atoms with Gasteiger partial charge in [0.15, 0.2) is 12.4 Å². The highest BCUT2D eigenvalue weighted by Crippen LogP contribution is 2.39. The lowest BCUT2D eigenvalue weighted by molar-refractivity contribution is -0.577. The highest BCUT2D eigenvalue weighted by molar-refractivity contribution is 6.45. The number of hydrogen-bond donors (Lipinski definition) is 0. The van der Waals surface area contributed by atoms with E-state index in [2.05, 4.69) is 5.10 Å². The van der Waals surface area contributed by atoms with Gasteiger partial charge < -0.3 is 5.11 Å². The van der Waals surface area contributed by atoms with Crippen molar-refractivity contribution in [3.8, 4) is 11.6 Å². The average molecular weight is 491 g/mol. The van der Waals surface area contributed by atoms with Gasteiger partial charge in [-0.15, -0.1) is 0 Å². The predicted octanol–water partition coefficient (Wildman–Crippen LogP) is 3.83. The fourth-order valence-corrected chi connectivity index (χ4v) is 5.23. The van der Waals surface area contributed by atoms with E-state index >= 15 is 0 Å². The zero-order chi connectivity index (χ0) is 24.7. The molecule has 3 heterocycles. The molecule has 180 valence electrons. The van der Waals surface area contributed by atoms with Crippen molar-refractivity contribution in [1.29, 1.82) is 0 Å². The van der Waals surface area contributed by atoms with Gasteiger partial charge in [0.2, 0.25) is 0 Å². The summed E-state index contributed by atoms with van der Waals surface area (Å²) in [6.45, 7) is 3.84. The third-order valence-corrected chi connectivity index (χ3v) is 7.07. The molecule has 1 saturated carbocycles. The SMILES string of the molecule is CCc1nn(-c2cccc(Cl)c2)c([O-])c1C1=C([n+]2ccc(C)cc2)C(=O)N(C2CCCCC2)C1=O. The summed E-state index contributed by atoms with van der Waals surface area (Å²) in [4.78, 5) is 29.1. The minimum Gasteiger partial charge on any atom is -0.858 e. The molecule has 0 bridgehead atoms. The van der Waals surface area contributed by atoms with Crippen molar-refractivity contribution < 1.29 is 19.3 Å². The van der Waals surface area contributed by atoms with Crippen molar-refractivity contribution >= 4 is 34.7 Å². The third-order valence-electron chi connectivity index (χ3n) is 6.84. The molecule has 2 aliphatic rings. The first-order valence-electron chi connectivity index (χ1n) is 12.1. The van der Waals surface area contributed by atoms with E-state index in [1.54, 1.807) is 41.2 Å². The van der Waals surface area contributed by atoms with Crippen LogP contribution in [0.15, 0.2) is 48.8 Å². The quantitative estimate of drug-likeness (QED) is 0.402. The van der Waals surface area contributed by atoms with Gasteiger partial charge in [-0.1, -0.05) is 43.9 Å². The van der Waals surface area contributed by atoms with Crippen molar-refractivity contribution in [2.75, 3.05) is 0 Å². The summed E-state index contributed by atoms with van der Waals surface area (Å²) >= 11 is 6.16. The number of benzene rings is 1. The second-order valence-corrected chi connectivity index (χ2v) is 9.59. The Morgan fingerprint density at radius 3 is 2.46 bits per heavy atom. The van der Waals surface area contributed by atoms with Crippen LogP contribution in [-0.4, -0.2) is 32.5 Å². The molecule has 0 unspecified atom stereocenters. The molecule has 3 aromatic rings. The summed E-state index contributed by atoms with van der Waals surface area (Å²) in [5.41, 5.74) is 2.53. The first kappa shape index (κ1) is 23.3. The normalized spacial score (nSPS) is 17.1. The second-order valence-electron chi connectivity index (χ2n) is 9.15. The molecular formula is C27H27ClN4O3. The number of carbonyl (C=O) groups excluding carboxylic acids is 2. The molecule has 2 aromatic heterocycles. The minimum absolute atomic E-state index is 0.129. The Kier molecular flexibility index (Phi) is 6.19. The van der Waals surface area contributed by atoms with Crippen LogP contribution in [0.2, 0.25) is 5.02 Å². The van der Waals surface area contributed by atoms with Crippen molar-refractivity contribution in [3.63, 3.8) is 0 Å². The van der Waals surface area contributed by atoms with E-state index < -0.39 is 11.8 Å². The highest BCUT2D eigenvalue weighted by Gasteiger charge is 2.49. The molecule has 8 heteroatoms. The van der Waals surface area contributed by atoms with Crippen molar-refractivity contribution in [2.24, 2.45) is 0 Å². The van der Waals surface area contributed by atoms with Gasteiger partial charge in [-0.25, -0.2) is 4.68 Å². The Labute approximate surface area is 209 Å². The summed E-state index contributed by atoms with van der Waals surface area (Å²) in [6, 6.07) is 10.4. The first-order chi connectivity index (χ1) is 16.9. The van der Waals surface area contributed by atoms with Crippen LogP contribution in [-0.2, 0) is 16.0 Å². The van der Waals surface area contributed by atoms with Crippen LogP contribution < -0.4 is 9.67 Å². The molecule has 5 rings (SSSR count). The van der Waals surface area contributed by atoms with Crippen LogP contribution in [0.3, 0.4) is 0 Å². The van der Waals surface area contributed by atoms with E-state index in [1.807, 2.05) is 26.0 Å². The van der Waals surface area contributed by atoms with Crippen molar-refractivity contribution in [3.05, 3.63) is 70.6 Å². The van der Waals surface area contributed by atoms with Crippen LogP contribution in [0.1, 0.15) is 55.8 Å². The van der Waals surface area contributed by atoms with Crippen LogP contribution >= 0.6 is 11.6 Å². The smallest absolute Gasteiger partial charge is 0.327 e. The number of hydrogen-bond acceptors (Lipinski definition) is 4. The number of aryl methyl sites for hydroxylation is 2. The second kappa shape index (κ2) is 9.30. The van der Waals surface area contributed by atoms with Crippen LogP contribution in [0, 0.1) is 6.92 Å². The number of pyridine rings is 1. The number of carbonyl (C=O) groups is 2. The predicted molar refractivity (Wildman–Crippen MR) is 131 cm³/mol. The molecular weight excluding hydrogens is 464 g/mol. The van der Waals surface area contributed by atoms with E-state index in [4.69, 9.17) is 11.6 Å². The Morgan fingerprint density at radius 1 is 1.09 bits per heavy atom. The maximum Gasteiger partial charge on any atom is 0.327 e. The van der Waals surface area contributed by atoms with Crippen LogP contribution in [0.4, 0.5) is 0 Å². The number of amides is 2. The maximum atomic E-state index is 13.9. The zero-order valence-electron chi connectivity index (χ0n) is 19.8. The van der Waals surface area contributed by atoms with Gasteiger partial charge in [-0.05, 0) is 55.8 Å². The first-order valence-corrected chi connectivity index (χ1v) is 12.4. The van der Waals surface area contributed by atoms with E-state index in [9.17, 15) is 14.7 Å². The van der Waals surface area contributed by atoms with Gasteiger partial charge in [-0.3, -0.25) is 14.5 Å². The zero-order valence-corrected chi connectivity index (χ0v) is 20.6. The van der Waals surface area contributed by atoms with Crippen molar-refractivity contribution in [2.45, 2.75) is 58.4 Å². The van der Waals surface area contributed by atoms with Crippen LogP contribution in [0.5, 0.6) is 5.88 Å². The summed E-state index contributed by atoms with van der Waals surface area (Å²) in [5, 5.41) is 18.8. The lowest BCUT2D eigenvalue weighted by atomic mass is 9.94. The monoisotopic (exact) mass is 490 g/mol.